The van der Waals surface area contributed by atoms with Gasteiger partial charge in [-0.05, 0) is 88.9 Å². The summed E-state index contributed by atoms with van der Waals surface area (Å²) < 4.78 is 0. The molecule has 0 aliphatic carbocycles. The number of amidine groups is 1. The maximum atomic E-state index is 8.80. The fraction of sp³-hybridized carbons (Fsp3) is 0.444. The molecule has 4 heterocycles. The van der Waals surface area contributed by atoms with E-state index in [1.807, 2.05) is 25.3 Å². The highest BCUT2D eigenvalue weighted by Crippen LogP contribution is 2.33. The Kier molecular flexibility index (Phi) is 6.94. The van der Waals surface area contributed by atoms with Gasteiger partial charge in [0, 0.05) is 18.1 Å². The van der Waals surface area contributed by atoms with Gasteiger partial charge in [-0.3, -0.25) is 10.4 Å². The number of aliphatic imine (C=N–C) groups is 2. The van der Waals surface area contributed by atoms with Crippen LogP contribution in [0.1, 0.15) is 53.4 Å². The van der Waals surface area contributed by atoms with Gasteiger partial charge >= 0.3 is 0 Å². The van der Waals surface area contributed by atoms with E-state index in [-0.39, 0.29) is 0 Å². The molecule has 1 saturated heterocycles. The van der Waals surface area contributed by atoms with Crippen LogP contribution in [0.3, 0.4) is 0 Å². The Labute approximate surface area is 198 Å². The third-order valence-electron chi connectivity index (χ3n) is 6.59. The highest BCUT2D eigenvalue weighted by atomic mass is 15.2. The van der Waals surface area contributed by atoms with Crippen LogP contribution in [0, 0.1) is 11.3 Å². The zero-order valence-electron chi connectivity index (χ0n) is 20.6. The van der Waals surface area contributed by atoms with E-state index in [1.54, 1.807) is 0 Å². The van der Waals surface area contributed by atoms with Gasteiger partial charge in [0.25, 0.3) is 0 Å². The highest BCUT2D eigenvalue weighted by molar-refractivity contribution is 6.15. The Morgan fingerprint density at radius 2 is 1.94 bits per heavy atom. The monoisotopic (exact) mass is 444 g/mol. The van der Waals surface area contributed by atoms with Crippen molar-refractivity contribution in [3.63, 3.8) is 0 Å². The average molecular weight is 445 g/mol. The second kappa shape index (κ2) is 9.87. The van der Waals surface area contributed by atoms with Crippen LogP contribution in [0.5, 0.6) is 0 Å². The van der Waals surface area contributed by atoms with E-state index in [4.69, 9.17) is 10.4 Å². The lowest BCUT2D eigenvalue weighted by Crippen LogP contribution is -2.35. The molecule has 4 aliphatic heterocycles. The summed E-state index contributed by atoms with van der Waals surface area (Å²) in [5.41, 5.74) is 7.51. The van der Waals surface area contributed by atoms with Crippen LogP contribution in [0.15, 0.2) is 80.6 Å². The molecule has 0 aromatic heterocycles. The third-order valence-corrected chi connectivity index (χ3v) is 6.59. The first-order valence-electron chi connectivity index (χ1n) is 12.1. The number of hydrogen-bond donors (Lipinski definition) is 2. The molecule has 2 N–H and O–H groups in total. The molecule has 174 valence electrons. The van der Waals surface area contributed by atoms with E-state index in [0.29, 0.717) is 17.3 Å². The van der Waals surface area contributed by atoms with Crippen LogP contribution in [0.2, 0.25) is 0 Å². The summed E-state index contributed by atoms with van der Waals surface area (Å²) in [5, 5.41) is 12.1. The minimum Gasteiger partial charge on any atom is -0.358 e. The minimum atomic E-state index is 0.388. The van der Waals surface area contributed by atoms with Crippen molar-refractivity contribution in [2.45, 2.75) is 53.4 Å². The van der Waals surface area contributed by atoms with Crippen LogP contribution in [0.4, 0.5) is 0 Å². The van der Waals surface area contributed by atoms with Gasteiger partial charge < -0.3 is 15.1 Å². The van der Waals surface area contributed by atoms with E-state index in [1.165, 1.54) is 18.4 Å². The largest absolute Gasteiger partial charge is 0.358 e. The van der Waals surface area contributed by atoms with Crippen molar-refractivity contribution >= 4 is 17.3 Å². The molecule has 0 aromatic rings. The van der Waals surface area contributed by atoms with Gasteiger partial charge in [-0.1, -0.05) is 26.0 Å². The number of nitrogens with zero attached hydrogens (tertiary/aromatic N) is 4. The summed E-state index contributed by atoms with van der Waals surface area (Å²) in [4.78, 5) is 14.2. The summed E-state index contributed by atoms with van der Waals surface area (Å²) in [5.74, 6) is 1.51. The van der Waals surface area contributed by atoms with Gasteiger partial charge in [-0.15, -0.1) is 0 Å². The first-order valence-corrected chi connectivity index (χ1v) is 12.1. The van der Waals surface area contributed by atoms with Gasteiger partial charge in [0.2, 0.25) is 0 Å². The van der Waals surface area contributed by atoms with Crippen LogP contribution in [-0.4, -0.2) is 47.2 Å². The van der Waals surface area contributed by atoms with Gasteiger partial charge in [0.15, 0.2) is 0 Å². The lowest BCUT2D eigenvalue weighted by Gasteiger charge is -2.36. The number of hydrogen-bond acceptors (Lipinski definition) is 6. The predicted octanol–water partition coefficient (Wildman–Crippen LogP) is 5.28. The number of likely N-dealkylation sites (tertiary alicyclic amines) is 1. The molecule has 0 unspecified atom stereocenters. The van der Waals surface area contributed by atoms with Gasteiger partial charge in [-0.2, -0.15) is 0 Å². The third kappa shape index (κ3) is 5.01. The van der Waals surface area contributed by atoms with Crippen molar-refractivity contribution in [3.05, 3.63) is 70.6 Å². The van der Waals surface area contributed by atoms with E-state index >= 15 is 0 Å². The summed E-state index contributed by atoms with van der Waals surface area (Å²) in [6, 6.07) is 0. The fourth-order valence-corrected chi connectivity index (χ4v) is 4.70. The quantitative estimate of drug-likeness (QED) is 0.567. The normalized spacial score (nSPS) is 24.3. The number of allylic oxidation sites excluding steroid dienone is 7. The van der Waals surface area contributed by atoms with E-state index in [9.17, 15) is 0 Å². The summed E-state index contributed by atoms with van der Waals surface area (Å²) in [7, 11) is 2.20. The number of fused-ring (bicyclic) bond motifs is 1. The first kappa shape index (κ1) is 23.2. The standard InChI is InChI=1S/C27H36N6/c1-6-8-22-14-25(23(28)15-26-24(7-2)30-19(4)16-29-26)31-27-18(3)13-21(17-33(22)27)20-9-11-32(5)12-10-20/h8,13-17,20,28-29H,6-7,9-12H2,1-5H3/b22-8-,26-15-,28-23?. The second-order valence-electron chi connectivity index (χ2n) is 9.22. The van der Waals surface area contributed by atoms with Crippen LogP contribution < -0.4 is 5.32 Å². The predicted molar refractivity (Wildman–Crippen MR) is 138 cm³/mol. The van der Waals surface area contributed by atoms with Gasteiger partial charge in [0.1, 0.15) is 5.84 Å². The SMILES string of the molecule is CC/C=C1/C=C(C(=N)/C=C2\NC=C(C)N=C2CC)N=C2C(C)=CC(C3CCN(C)CC3)=CN21. The first-order chi connectivity index (χ1) is 15.9. The molecule has 1 fully saturated rings. The van der Waals surface area contributed by atoms with Crippen molar-refractivity contribution in [1.29, 1.82) is 5.41 Å². The molecule has 6 heteroatoms. The van der Waals surface area contributed by atoms with E-state index in [0.717, 1.165) is 60.1 Å². The number of rotatable bonds is 5. The molecule has 0 amide bonds. The maximum Gasteiger partial charge on any atom is 0.140 e. The zero-order chi connectivity index (χ0) is 23.5. The molecule has 0 bridgehead atoms. The Balaban J connectivity index is 1.63. The molecule has 4 aliphatic rings. The molecular formula is C27H36N6. The topological polar surface area (TPSA) is 67.1 Å². The molecular weight excluding hydrogens is 408 g/mol. The van der Waals surface area contributed by atoms with E-state index in [2.05, 4.69) is 66.3 Å². The molecule has 0 radical (unpaired) electrons. The minimum absolute atomic E-state index is 0.388. The Morgan fingerprint density at radius 1 is 1.18 bits per heavy atom. The summed E-state index contributed by atoms with van der Waals surface area (Å²) in [6.07, 6.45) is 16.7. The maximum absolute atomic E-state index is 8.80. The summed E-state index contributed by atoms with van der Waals surface area (Å²) >= 11 is 0. The van der Waals surface area contributed by atoms with Crippen LogP contribution >= 0.6 is 0 Å². The molecule has 0 spiro atoms. The van der Waals surface area contributed by atoms with Gasteiger partial charge in [-0.25, -0.2) is 4.99 Å². The van der Waals surface area contributed by atoms with Crippen LogP contribution in [0.25, 0.3) is 0 Å². The van der Waals surface area contributed by atoms with Crippen molar-refractivity contribution in [2.75, 3.05) is 20.1 Å². The molecule has 0 saturated carbocycles. The van der Waals surface area contributed by atoms with E-state index < -0.39 is 0 Å². The molecule has 0 aromatic carbocycles. The van der Waals surface area contributed by atoms with Gasteiger partial charge in [0.05, 0.1) is 28.5 Å². The fourth-order valence-electron chi connectivity index (χ4n) is 4.70. The molecule has 0 atom stereocenters. The smallest absolute Gasteiger partial charge is 0.140 e. The van der Waals surface area contributed by atoms with Crippen molar-refractivity contribution in [3.8, 4) is 0 Å². The average Bonchev–Trinajstić information content (AvgIpc) is 2.81. The molecule has 33 heavy (non-hydrogen) atoms. The molecule has 6 nitrogen and oxygen atoms in total. The summed E-state index contributed by atoms with van der Waals surface area (Å²) in [6.45, 7) is 10.6. The molecule has 4 rings (SSSR count). The highest BCUT2D eigenvalue weighted by Gasteiger charge is 2.28. The van der Waals surface area contributed by atoms with Crippen molar-refractivity contribution in [1.82, 2.24) is 15.1 Å². The Bertz CT molecular complexity index is 1070. The van der Waals surface area contributed by atoms with Crippen molar-refractivity contribution < 1.29 is 0 Å². The Morgan fingerprint density at radius 3 is 2.64 bits per heavy atom. The van der Waals surface area contributed by atoms with Crippen molar-refractivity contribution in [2.24, 2.45) is 15.9 Å². The lowest BCUT2D eigenvalue weighted by atomic mass is 9.87. The van der Waals surface area contributed by atoms with Crippen LogP contribution in [-0.2, 0) is 0 Å². The zero-order valence-corrected chi connectivity index (χ0v) is 20.6. The number of nitrogens with one attached hydrogen (secondary N) is 2. The second-order valence-corrected chi connectivity index (χ2v) is 9.22. The lowest BCUT2D eigenvalue weighted by molar-refractivity contribution is 0.239. The Hall–Kier alpha value is -2.99. The number of piperidine rings is 1.